The normalized spacial score (nSPS) is 14.1. The summed E-state index contributed by atoms with van der Waals surface area (Å²) < 4.78 is 18.9. The van der Waals surface area contributed by atoms with Gasteiger partial charge < -0.3 is 14.2 Å². The number of hydrogen-bond donors (Lipinski definition) is 0. The van der Waals surface area contributed by atoms with Crippen molar-refractivity contribution in [2.24, 2.45) is 0 Å². The van der Waals surface area contributed by atoms with E-state index in [1.165, 1.54) is 11.8 Å². The number of rotatable bonds is 10. The standard InChI is InChI=1S/C32H31N3O4S2/c1-5-39-26-14-12-23(17-21(26)2)30-24(20-35(33-30)25-9-7-6-8-10-25)19-29-31(36)34(32(40)41-29)16-15-22-11-13-27(37-3)28(18-22)38-4/h6-14,17-20H,5,15-16H2,1-4H3. The highest BCUT2D eigenvalue weighted by Gasteiger charge is 2.32. The second-order valence-electron chi connectivity index (χ2n) is 9.40. The van der Waals surface area contributed by atoms with Crippen molar-refractivity contribution in [2.45, 2.75) is 20.3 Å². The van der Waals surface area contributed by atoms with Crippen LogP contribution in [0.15, 0.2) is 77.8 Å². The third-order valence-corrected chi connectivity index (χ3v) is 8.12. The molecule has 2 heterocycles. The summed E-state index contributed by atoms with van der Waals surface area (Å²) in [5.74, 6) is 2.06. The molecule has 0 radical (unpaired) electrons. The Hall–Kier alpha value is -4.08. The minimum atomic E-state index is -0.109. The summed E-state index contributed by atoms with van der Waals surface area (Å²) in [5, 5.41) is 4.92. The number of nitrogens with zero attached hydrogens (tertiary/aromatic N) is 3. The molecule has 210 valence electrons. The second-order valence-corrected chi connectivity index (χ2v) is 11.1. The number of benzene rings is 3. The van der Waals surface area contributed by atoms with Crippen LogP contribution in [0, 0.1) is 6.92 Å². The molecule has 7 nitrogen and oxygen atoms in total. The van der Waals surface area contributed by atoms with Crippen molar-refractivity contribution in [2.75, 3.05) is 27.4 Å². The maximum absolute atomic E-state index is 13.5. The van der Waals surface area contributed by atoms with E-state index in [1.54, 1.807) is 19.1 Å². The Balaban J connectivity index is 1.44. The molecule has 1 saturated heterocycles. The molecule has 1 aliphatic heterocycles. The average molecular weight is 586 g/mol. The Morgan fingerprint density at radius 2 is 1.73 bits per heavy atom. The van der Waals surface area contributed by atoms with E-state index < -0.39 is 0 Å². The predicted octanol–water partition coefficient (Wildman–Crippen LogP) is 6.71. The lowest BCUT2D eigenvalue weighted by Gasteiger charge is -2.15. The maximum Gasteiger partial charge on any atom is 0.266 e. The van der Waals surface area contributed by atoms with Crippen LogP contribution in [0.3, 0.4) is 0 Å². The monoisotopic (exact) mass is 585 g/mol. The van der Waals surface area contributed by atoms with Crippen LogP contribution in [0.4, 0.5) is 0 Å². The topological polar surface area (TPSA) is 65.8 Å². The average Bonchev–Trinajstić information content (AvgIpc) is 3.53. The molecule has 0 spiro atoms. The number of aromatic nitrogens is 2. The summed E-state index contributed by atoms with van der Waals surface area (Å²) in [6.45, 7) is 5.05. The molecule has 3 aromatic carbocycles. The Morgan fingerprint density at radius 3 is 2.44 bits per heavy atom. The molecule has 5 rings (SSSR count). The maximum atomic E-state index is 13.5. The van der Waals surface area contributed by atoms with E-state index in [2.05, 4.69) is 6.07 Å². The first-order valence-corrected chi connectivity index (χ1v) is 14.5. The van der Waals surface area contributed by atoms with Crippen molar-refractivity contribution in [1.29, 1.82) is 0 Å². The Bertz CT molecular complexity index is 1610. The molecular weight excluding hydrogens is 555 g/mol. The first-order valence-electron chi connectivity index (χ1n) is 13.3. The third-order valence-electron chi connectivity index (χ3n) is 6.74. The van der Waals surface area contributed by atoms with Gasteiger partial charge in [-0.25, -0.2) is 4.68 Å². The smallest absolute Gasteiger partial charge is 0.266 e. The Kier molecular flexibility index (Phi) is 8.75. The van der Waals surface area contributed by atoms with Crippen LogP contribution < -0.4 is 14.2 Å². The molecule has 1 aliphatic rings. The fraction of sp³-hybridized carbons (Fsp3) is 0.219. The Labute approximate surface area is 249 Å². The molecule has 4 aromatic rings. The van der Waals surface area contributed by atoms with E-state index in [0.717, 1.165) is 39.4 Å². The SMILES string of the molecule is CCOc1ccc(-c2nn(-c3ccccc3)cc2C=C2SC(=S)N(CCc3ccc(OC)c(OC)c3)C2=O)cc1C. The third kappa shape index (κ3) is 6.16. The fourth-order valence-corrected chi connectivity index (χ4v) is 5.95. The predicted molar refractivity (Wildman–Crippen MR) is 168 cm³/mol. The molecule has 1 fully saturated rings. The van der Waals surface area contributed by atoms with Gasteiger partial charge in [0, 0.05) is 23.9 Å². The summed E-state index contributed by atoms with van der Waals surface area (Å²) >= 11 is 6.94. The molecule has 0 saturated carbocycles. The van der Waals surface area contributed by atoms with Gasteiger partial charge in [-0.2, -0.15) is 5.10 Å². The quantitative estimate of drug-likeness (QED) is 0.151. The van der Waals surface area contributed by atoms with E-state index in [1.807, 2.05) is 91.5 Å². The van der Waals surface area contributed by atoms with Gasteiger partial charge in [0.25, 0.3) is 5.91 Å². The molecule has 1 aromatic heterocycles. The molecule has 9 heteroatoms. The van der Waals surface area contributed by atoms with Crippen LogP contribution in [-0.4, -0.2) is 52.3 Å². The highest BCUT2D eigenvalue weighted by molar-refractivity contribution is 8.26. The summed E-state index contributed by atoms with van der Waals surface area (Å²) in [4.78, 5) is 15.7. The van der Waals surface area contributed by atoms with E-state index in [-0.39, 0.29) is 5.91 Å². The number of aryl methyl sites for hydroxylation is 1. The number of methoxy groups -OCH3 is 2. The number of para-hydroxylation sites is 1. The molecule has 0 bridgehead atoms. The van der Waals surface area contributed by atoms with Crippen molar-refractivity contribution < 1.29 is 19.0 Å². The number of amides is 1. The lowest BCUT2D eigenvalue weighted by Crippen LogP contribution is -2.30. The van der Waals surface area contributed by atoms with Crippen molar-refractivity contribution in [1.82, 2.24) is 14.7 Å². The van der Waals surface area contributed by atoms with Crippen LogP contribution in [0.5, 0.6) is 17.2 Å². The van der Waals surface area contributed by atoms with Gasteiger partial charge in [-0.1, -0.05) is 48.2 Å². The summed E-state index contributed by atoms with van der Waals surface area (Å²) in [6.07, 6.45) is 4.47. The van der Waals surface area contributed by atoms with Gasteiger partial charge in [-0.15, -0.1) is 0 Å². The summed E-state index contributed by atoms with van der Waals surface area (Å²) in [5.41, 5.74) is 5.52. The van der Waals surface area contributed by atoms with E-state index in [0.29, 0.717) is 40.3 Å². The highest BCUT2D eigenvalue weighted by Crippen LogP contribution is 2.36. The first-order chi connectivity index (χ1) is 19.9. The van der Waals surface area contributed by atoms with Crippen molar-refractivity contribution in [3.8, 4) is 34.2 Å². The van der Waals surface area contributed by atoms with Crippen molar-refractivity contribution >= 4 is 40.3 Å². The van der Waals surface area contributed by atoms with Gasteiger partial charge in [0.1, 0.15) is 15.8 Å². The minimum Gasteiger partial charge on any atom is -0.494 e. The largest absolute Gasteiger partial charge is 0.494 e. The summed E-state index contributed by atoms with van der Waals surface area (Å²) in [7, 11) is 3.22. The zero-order valence-electron chi connectivity index (χ0n) is 23.4. The lowest BCUT2D eigenvalue weighted by molar-refractivity contribution is -0.122. The van der Waals surface area contributed by atoms with Crippen LogP contribution in [0.1, 0.15) is 23.6 Å². The molecule has 41 heavy (non-hydrogen) atoms. The van der Waals surface area contributed by atoms with Gasteiger partial charge in [0.15, 0.2) is 11.5 Å². The van der Waals surface area contributed by atoms with Crippen LogP contribution in [0.25, 0.3) is 23.0 Å². The molecule has 0 aliphatic carbocycles. The van der Waals surface area contributed by atoms with Gasteiger partial charge in [0.05, 0.1) is 31.4 Å². The molecule has 1 amide bonds. The van der Waals surface area contributed by atoms with E-state index in [4.69, 9.17) is 31.5 Å². The number of ether oxygens (including phenoxy) is 3. The zero-order chi connectivity index (χ0) is 28.9. The molecule has 0 N–H and O–H groups in total. The van der Waals surface area contributed by atoms with E-state index >= 15 is 0 Å². The highest BCUT2D eigenvalue weighted by atomic mass is 32.2. The van der Waals surface area contributed by atoms with Crippen LogP contribution in [0.2, 0.25) is 0 Å². The number of thioether (sulfide) groups is 1. The zero-order valence-corrected chi connectivity index (χ0v) is 25.1. The number of carbonyl (C=O) groups excluding carboxylic acids is 1. The Morgan fingerprint density at radius 1 is 0.976 bits per heavy atom. The number of thiocarbonyl (C=S) groups is 1. The van der Waals surface area contributed by atoms with Crippen LogP contribution in [-0.2, 0) is 11.2 Å². The summed E-state index contributed by atoms with van der Waals surface area (Å²) in [6, 6.07) is 21.7. The van der Waals surface area contributed by atoms with Gasteiger partial charge in [-0.3, -0.25) is 9.69 Å². The van der Waals surface area contributed by atoms with Crippen LogP contribution >= 0.6 is 24.0 Å². The van der Waals surface area contributed by atoms with Crippen molar-refractivity contribution in [3.63, 3.8) is 0 Å². The molecule has 0 unspecified atom stereocenters. The van der Waals surface area contributed by atoms with Gasteiger partial charge >= 0.3 is 0 Å². The molecular formula is C32H31N3O4S2. The van der Waals surface area contributed by atoms with Crippen molar-refractivity contribution in [3.05, 3.63) is 94.5 Å². The lowest BCUT2D eigenvalue weighted by atomic mass is 10.0. The fourth-order valence-electron chi connectivity index (χ4n) is 4.66. The first kappa shape index (κ1) is 28.4. The number of hydrogen-bond acceptors (Lipinski definition) is 7. The molecule has 0 atom stereocenters. The van der Waals surface area contributed by atoms with E-state index in [9.17, 15) is 4.79 Å². The van der Waals surface area contributed by atoms with Gasteiger partial charge in [-0.05, 0) is 79.9 Å². The van der Waals surface area contributed by atoms with Gasteiger partial charge in [0.2, 0.25) is 0 Å². The number of carbonyl (C=O) groups is 1. The minimum absolute atomic E-state index is 0.109. The second kappa shape index (κ2) is 12.6.